The normalized spacial score (nSPS) is 28.4. The highest BCUT2D eigenvalue weighted by Gasteiger charge is 2.20. The van der Waals surface area contributed by atoms with Gasteiger partial charge in [-0.15, -0.1) is 0 Å². The van der Waals surface area contributed by atoms with Crippen LogP contribution in [0.5, 0.6) is 0 Å². The molecule has 0 radical (unpaired) electrons. The predicted molar refractivity (Wildman–Crippen MR) is 52.5 cm³/mol. The Morgan fingerprint density at radius 2 is 1.92 bits per heavy atom. The molecule has 0 aromatic rings. The van der Waals surface area contributed by atoms with Crippen molar-refractivity contribution in [2.75, 3.05) is 0 Å². The second-order valence-corrected chi connectivity index (χ2v) is 4.24. The zero-order valence-corrected chi connectivity index (χ0v) is 8.25. The molecule has 0 unspecified atom stereocenters. The quantitative estimate of drug-likeness (QED) is 0.681. The summed E-state index contributed by atoms with van der Waals surface area (Å²) in [5, 5.41) is 8.67. The number of carboxylic acids is 1. The second-order valence-electron chi connectivity index (χ2n) is 4.24. The molecule has 1 rings (SSSR count). The van der Waals surface area contributed by atoms with Gasteiger partial charge in [-0.3, -0.25) is 0 Å². The SMILES string of the molecule is C=C(CC1CCC(C)CC1)C(=O)O. The molecule has 0 saturated heterocycles. The van der Waals surface area contributed by atoms with Gasteiger partial charge in [-0.2, -0.15) is 0 Å². The molecule has 74 valence electrons. The van der Waals surface area contributed by atoms with E-state index >= 15 is 0 Å². The maximum Gasteiger partial charge on any atom is 0.330 e. The van der Waals surface area contributed by atoms with Gasteiger partial charge in [-0.1, -0.05) is 26.3 Å². The summed E-state index contributed by atoms with van der Waals surface area (Å²) in [5.74, 6) is 0.563. The van der Waals surface area contributed by atoms with E-state index in [1.807, 2.05) is 0 Å². The van der Waals surface area contributed by atoms with Crippen LogP contribution in [-0.4, -0.2) is 11.1 Å². The van der Waals surface area contributed by atoms with Gasteiger partial charge in [0.05, 0.1) is 0 Å². The van der Waals surface area contributed by atoms with E-state index < -0.39 is 5.97 Å². The van der Waals surface area contributed by atoms with Crippen LogP contribution in [0.25, 0.3) is 0 Å². The molecule has 0 aromatic carbocycles. The lowest BCUT2D eigenvalue weighted by Crippen LogP contribution is -2.14. The molecule has 0 aliphatic heterocycles. The Bertz CT molecular complexity index is 200. The third kappa shape index (κ3) is 3.21. The van der Waals surface area contributed by atoms with E-state index in [1.165, 1.54) is 25.7 Å². The predicted octanol–water partition coefficient (Wildman–Crippen LogP) is 2.84. The van der Waals surface area contributed by atoms with Crippen LogP contribution in [0.2, 0.25) is 0 Å². The zero-order chi connectivity index (χ0) is 9.84. The van der Waals surface area contributed by atoms with Crippen molar-refractivity contribution in [3.05, 3.63) is 12.2 Å². The summed E-state index contributed by atoms with van der Waals surface area (Å²) in [6, 6.07) is 0. The van der Waals surface area contributed by atoms with Crippen molar-refractivity contribution in [1.82, 2.24) is 0 Å². The van der Waals surface area contributed by atoms with Gasteiger partial charge in [0, 0.05) is 5.57 Å². The number of hydrogen-bond acceptors (Lipinski definition) is 1. The minimum absolute atomic E-state index is 0.375. The first-order valence-electron chi connectivity index (χ1n) is 5.00. The van der Waals surface area contributed by atoms with Crippen LogP contribution >= 0.6 is 0 Å². The van der Waals surface area contributed by atoms with Crippen LogP contribution < -0.4 is 0 Å². The van der Waals surface area contributed by atoms with E-state index in [1.54, 1.807) is 0 Å². The van der Waals surface area contributed by atoms with Gasteiger partial charge in [0.25, 0.3) is 0 Å². The van der Waals surface area contributed by atoms with Crippen molar-refractivity contribution < 1.29 is 9.90 Å². The lowest BCUT2D eigenvalue weighted by Gasteiger charge is -2.25. The molecule has 1 fully saturated rings. The van der Waals surface area contributed by atoms with Crippen molar-refractivity contribution in [1.29, 1.82) is 0 Å². The molecule has 0 atom stereocenters. The van der Waals surface area contributed by atoms with Gasteiger partial charge >= 0.3 is 5.97 Å². The third-order valence-electron chi connectivity index (χ3n) is 2.97. The number of carboxylic acid groups (broad SMARTS) is 1. The van der Waals surface area contributed by atoms with E-state index in [4.69, 9.17) is 5.11 Å². The molecule has 1 aliphatic carbocycles. The molecule has 1 aliphatic rings. The second kappa shape index (κ2) is 4.45. The Kier molecular flexibility index (Phi) is 3.52. The first-order valence-corrected chi connectivity index (χ1v) is 5.00. The molecule has 1 saturated carbocycles. The molecule has 0 bridgehead atoms. The Labute approximate surface area is 79.6 Å². The van der Waals surface area contributed by atoms with Crippen molar-refractivity contribution in [2.45, 2.75) is 39.0 Å². The molecular weight excluding hydrogens is 164 g/mol. The summed E-state index contributed by atoms with van der Waals surface area (Å²) in [7, 11) is 0. The van der Waals surface area contributed by atoms with Crippen LogP contribution in [-0.2, 0) is 4.79 Å². The number of aliphatic carboxylic acids is 1. The highest BCUT2D eigenvalue weighted by molar-refractivity contribution is 5.85. The molecule has 1 N–H and O–H groups in total. The maximum atomic E-state index is 10.5. The minimum atomic E-state index is -0.835. The van der Waals surface area contributed by atoms with E-state index in [0.717, 1.165) is 5.92 Å². The smallest absolute Gasteiger partial charge is 0.330 e. The van der Waals surface area contributed by atoms with E-state index in [0.29, 0.717) is 17.9 Å². The standard InChI is InChI=1S/C11H18O2/c1-8-3-5-10(6-4-8)7-9(2)11(12)13/h8,10H,2-7H2,1H3,(H,12,13). The zero-order valence-electron chi connectivity index (χ0n) is 8.25. The molecule has 13 heavy (non-hydrogen) atoms. The summed E-state index contributed by atoms with van der Waals surface area (Å²) in [4.78, 5) is 10.5. The number of hydrogen-bond donors (Lipinski definition) is 1. The monoisotopic (exact) mass is 182 g/mol. The van der Waals surface area contributed by atoms with Crippen LogP contribution in [0.3, 0.4) is 0 Å². The Hall–Kier alpha value is -0.790. The van der Waals surface area contributed by atoms with Crippen LogP contribution in [0, 0.1) is 11.8 Å². The summed E-state index contributed by atoms with van der Waals surface area (Å²) >= 11 is 0. The Morgan fingerprint density at radius 1 is 1.38 bits per heavy atom. The highest BCUT2D eigenvalue weighted by Crippen LogP contribution is 2.31. The van der Waals surface area contributed by atoms with Crippen molar-refractivity contribution >= 4 is 5.97 Å². The highest BCUT2D eigenvalue weighted by atomic mass is 16.4. The summed E-state index contributed by atoms with van der Waals surface area (Å²) in [5.41, 5.74) is 0.375. The summed E-state index contributed by atoms with van der Waals surface area (Å²) in [6.07, 6.45) is 5.53. The fraction of sp³-hybridized carbons (Fsp3) is 0.727. The number of rotatable bonds is 3. The molecule has 2 nitrogen and oxygen atoms in total. The minimum Gasteiger partial charge on any atom is -0.478 e. The summed E-state index contributed by atoms with van der Waals surface area (Å²) < 4.78 is 0. The van der Waals surface area contributed by atoms with Gasteiger partial charge in [-0.25, -0.2) is 4.79 Å². The van der Waals surface area contributed by atoms with Crippen molar-refractivity contribution in [3.63, 3.8) is 0 Å². The number of carbonyl (C=O) groups is 1. The lowest BCUT2D eigenvalue weighted by atomic mass is 9.80. The first-order chi connectivity index (χ1) is 6.09. The van der Waals surface area contributed by atoms with E-state index in [-0.39, 0.29) is 0 Å². The average Bonchev–Trinajstić information content (AvgIpc) is 2.08. The van der Waals surface area contributed by atoms with Crippen molar-refractivity contribution in [3.8, 4) is 0 Å². The fourth-order valence-corrected chi connectivity index (χ4v) is 1.97. The Balaban J connectivity index is 2.30. The molecule has 0 aromatic heterocycles. The van der Waals surface area contributed by atoms with Crippen LogP contribution in [0.1, 0.15) is 39.0 Å². The van der Waals surface area contributed by atoms with Crippen LogP contribution in [0.4, 0.5) is 0 Å². The van der Waals surface area contributed by atoms with Gasteiger partial charge < -0.3 is 5.11 Å². The molecule has 0 amide bonds. The molecule has 2 heteroatoms. The van der Waals surface area contributed by atoms with E-state index in [9.17, 15) is 4.79 Å². The first kappa shape index (κ1) is 10.3. The summed E-state index contributed by atoms with van der Waals surface area (Å²) in [6.45, 7) is 5.83. The molecule has 0 spiro atoms. The lowest BCUT2D eigenvalue weighted by molar-refractivity contribution is -0.132. The Morgan fingerprint density at radius 3 is 2.38 bits per heavy atom. The average molecular weight is 182 g/mol. The molecule has 0 heterocycles. The fourth-order valence-electron chi connectivity index (χ4n) is 1.97. The van der Waals surface area contributed by atoms with E-state index in [2.05, 4.69) is 13.5 Å². The largest absolute Gasteiger partial charge is 0.478 e. The topological polar surface area (TPSA) is 37.3 Å². The van der Waals surface area contributed by atoms with Gasteiger partial charge in [0.15, 0.2) is 0 Å². The maximum absolute atomic E-state index is 10.5. The third-order valence-corrected chi connectivity index (χ3v) is 2.97. The van der Waals surface area contributed by atoms with Crippen molar-refractivity contribution in [2.24, 2.45) is 11.8 Å². The van der Waals surface area contributed by atoms with Gasteiger partial charge in [0.2, 0.25) is 0 Å². The van der Waals surface area contributed by atoms with Crippen LogP contribution in [0.15, 0.2) is 12.2 Å². The molecular formula is C11H18O2. The van der Waals surface area contributed by atoms with Gasteiger partial charge in [0.1, 0.15) is 0 Å². The van der Waals surface area contributed by atoms with Gasteiger partial charge in [-0.05, 0) is 31.1 Å².